The maximum atomic E-state index is 12.2. The number of carbonyl (C=O) groups is 1. The van der Waals surface area contributed by atoms with Crippen LogP contribution in [0.2, 0.25) is 0 Å². The monoisotopic (exact) mass is 410 g/mol. The number of allylic oxidation sites excluding steroid dienone is 1. The van der Waals surface area contributed by atoms with Gasteiger partial charge in [0, 0.05) is 24.2 Å². The number of methoxy groups -OCH3 is 1. The van der Waals surface area contributed by atoms with Gasteiger partial charge in [-0.15, -0.1) is 0 Å². The van der Waals surface area contributed by atoms with E-state index in [1.54, 1.807) is 31.4 Å². The summed E-state index contributed by atoms with van der Waals surface area (Å²) in [6.45, 7) is 0.430. The van der Waals surface area contributed by atoms with Gasteiger partial charge in [0.2, 0.25) is 0 Å². The van der Waals surface area contributed by atoms with Crippen molar-refractivity contribution in [2.24, 2.45) is 0 Å². The lowest BCUT2D eigenvalue weighted by molar-refractivity contribution is -0.384. The van der Waals surface area contributed by atoms with E-state index in [9.17, 15) is 14.9 Å². The molecule has 0 aromatic heterocycles. The number of nitrogens with one attached hydrogen (secondary N) is 1. The molecule has 2 aromatic rings. The van der Waals surface area contributed by atoms with Gasteiger partial charge in [-0.05, 0) is 55.9 Å². The van der Waals surface area contributed by atoms with Gasteiger partial charge in [0.25, 0.3) is 11.6 Å². The average molecular weight is 410 g/mol. The van der Waals surface area contributed by atoms with Crippen LogP contribution in [0.1, 0.15) is 32.1 Å². The molecular formula is C23H26N2O5. The molecule has 0 unspecified atom stereocenters. The molecule has 7 nitrogen and oxygen atoms in total. The molecular weight excluding hydrogens is 384 g/mol. The molecule has 1 N–H and O–H groups in total. The molecule has 3 rings (SSSR count). The van der Waals surface area contributed by atoms with Crippen molar-refractivity contribution in [2.45, 2.75) is 32.1 Å². The maximum absolute atomic E-state index is 12.2. The van der Waals surface area contributed by atoms with Crippen molar-refractivity contribution < 1.29 is 19.2 Å². The van der Waals surface area contributed by atoms with Gasteiger partial charge in [-0.25, -0.2) is 0 Å². The number of benzene rings is 2. The Labute approximate surface area is 175 Å². The summed E-state index contributed by atoms with van der Waals surface area (Å²) >= 11 is 0. The minimum absolute atomic E-state index is 0.0432. The molecule has 1 aliphatic carbocycles. The molecule has 0 aliphatic heterocycles. The molecule has 2 aromatic carbocycles. The van der Waals surface area contributed by atoms with Crippen LogP contribution in [0, 0.1) is 10.1 Å². The van der Waals surface area contributed by atoms with E-state index >= 15 is 0 Å². The largest absolute Gasteiger partial charge is 0.497 e. The van der Waals surface area contributed by atoms with Gasteiger partial charge in [-0.1, -0.05) is 23.8 Å². The normalized spacial score (nSPS) is 13.3. The zero-order chi connectivity index (χ0) is 21.3. The quantitative estimate of drug-likeness (QED) is 0.369. The predicted molar refractivity (Wildman–Crippen MR) is 115 cm³/mol. The summed E-state index contributed by atoms with van der Waals surface area (Å²) in [5.41, 5.74) is 2.64. The number of carbonyl (C=O) groups excluding carboxylic acids is 1. The molecule has 0 saturated carbocycles. The highest BCUT2D eigenvalue weighted by Gasteiger charge is 2.15. The average Bonchev–Trinajstić information content (AvgIpc) is 2.78. The number of amides is 1. The fourth-order valence-electron chi connectivity index (χ4n) is 3.44. The van der Waals surface area contributed by atoms with Gasteiger partial charge in [0.1, 0.15) is 11.5 Å². The van der Waals surface area contributed by atoms with E-state index in [-0.39, 0.29) is 18.2 Å². The predicted octanol–water partition coefficient (Wildman–Crippen LogP) is 4.66. The van der Waals surface area contributed by atoms with Crippen LogP contribution in [0.25, 0.3) is 11.1 Å². The van der Waals surface area contributed by atoms with E-state index in [2.05, 4.69) is 11.4 Å². The summed E-state index contributed by atoms with van der Waals surface area (Å²) in [4.78, 5) is 22.9. The van der Waals surface area contributed by atoms with Gasteiger partial charge in [-0.3, -0.25) is 14.9 Å². The smallest absolute Gasteiger partial charge is 0.270 e. The number of nitrogens with zero attached hydrogens (tertiary/aromatic N) is 1. The molecule has 0 saturated heterocycles. The van der Waals surface area contributed by atoms with Crippen LogP contribution in [0.3, 0.4) is 0 Å². The molecule has 30 heavy (non-hydrogen) atoms. The zero-order valence-electron chi connectivity index (χ0n) is 17.1. The molecule has 158 valence electrons. The van der Waals surface area contributed by atoms with Crippen molar-refractivity contribution >= 4 is 11.6 Å². The Balaban J connectivity index is 1.64. The van der Waals surface area contributed by atoms with Crippen molar-refractivity contribution in [1.29, 1.82) is 0 Å². The molecule has 0 fully saturated rings. The van der Waals surface area contributed by atoms with Crippen LogP contribution in [-0.2, 0) is 4.79 Å². The third kappa shape index (κ3) is 5.83. The van der Waals surface area contributed by atoms with Crippen LogP contribution in [0.4, 0.5) is 5.69 Å². The number of nitro groups is 1. The van der Waals surface area contributed by atoms with Crippen molar-refractivity contribution in [3.8, 4) is 22.6 Å². The van der Waals surface area contributed by atoms with Crippen molar-refractivity contribution in [2.75, 3.05) is 20.3 Å². The van der Waals surface area contributed by atoms with Crippen LogP contribution >= 0.6 is 0 Å². The van der Waals surface area contributed by atoms with E-state index in [1.807, 2.05) is 0 Å². The van der Waals surface area contributed by atoms with Crippen molar-refractivity contribution in [3.63, 3.8) is 0 Å². The second-order valence-electron chi connectivity index (χ2n) is 7.16. The first-order chi connectivity index (χ1) is 14.6. The lowest BCUT2D eigenvalue weighted by Gasteiger charge is -2.14. The lowest BCUT2D eigenvalue weighted by atomic mass is 9.97. The van der Waals surface area contributed by atoms with Gasteiger partial charge < -0.3 is 14.8 Å². The minimum Gasteiger partial charge on any atom is -0.497 e. The summed E-state index contributed by atoms with van der Waals surface area (Å²) in [5.74, 6) is 0.875. The molecule has 1 aliphatic rings. The number of rotatable bonds is 9. The third-order valence-corrected chi connectivity index (χ3v) is 5.09. The first-order valence-corrected chi connectivity index (χ1v) is 10.1. The fourth-order valence-corrected chi connectivity index (χ4v) is 3.44. The summed E-state index contributed by atoms with van der Waals surface area (Å²) in [6, 6.07) is 11.5. The molecule has 0 heterocycles. The molecule has 1 amide bonds. The summed E-state index contributed by atoms with van der Waals surface area (Å²) in [7, 11) is 1.57. The molecule has 7 heteroatoms. The summed E-state index contributed by atoms with van der Waals surface area (Å²) in [6.07, 6.45) is 7.83. The number of hydrogen-bond donors (Lipinski definition) is 1. The van der Waals surface area contributed by atoms with Gasteiger partial charge >= 0.3 is 0 Å². The van der Waals surface area contributed by atoms with Crippen LogP contribution in [-0.4, -0.2) is 31.1 Å². The van der Waals surface area contributed by atoms with Crippen molar-refractivity contribution in [3.05, 3.63) is 64.2 Å². The van der Waals surface area contributed by atoms with E-state index in [0.29, 0.717) is 23.6 Å². The lowest BCUT2D eigenvalue weighted by Crippen LogP contribution is -2.30. The fraction of sp³-hybridized carbons (Fsp3) is 0.348. The Morgan fingerprint density at radius 2 is 1.97 bits per heavy atom. The Hall–Kier alpha value is -3.35. The Bertz CT molecular complexity index is 922. The highest BCUT2D eigenvalue weighted by molar-refractivity contribution is 5.78. The highest BCUT2D eigenvalue weighted by atomic mass is 16.6. The van der Waals surface area contributed by atoms with Gasteiger partial charge in [-0.2, -0.15) is 0 Å². The molecule has 0 radical (unpaired) electrons. The Kier molecular flexibility index (Phi) is 7.43. The van der Waals surface area contributed by atoms with Gasteiger partial charge in [0.15, 0.2) is 6.61 Å². The van der Waals surface area contributed by atoms with Crippen molar-refractivity contribution in [1.82, 2.24) is 5.32 Å². The summed E-state index contributed by atoms with van der Waals surface area (Å²) < 4.78 is 10.9. The number of nitro benzene ring substituents is 1. The zero-order valence-corrected chi connectivity index (χ0v) is 17.1. The second-order valence-corrected chi connectivity index (χ2v) is 7.16. The van der Waals surface area contributed by atoms with Gasteiger partial charge in [0.05, 0.1) is 12.0 Å². The molecule has 0 atom stereocenters. The third-order valence-electron chi connectivity index (χ3n) is 5.09. The Morgan fingerprint density at radius 3 is 2.63 bits per heavy atom. The highest BCUT2D eigenvalue weighted by Crippen LogP contribution is 2.34. The first kappa shape index (κ1) is 21.4. The van der Waals surface area contributed by atoms with E-state index in [1.165, 1.54) is 36.6 Å². The van der Waals surface area contributed by atoms with Crippen LogP contribution in [0.15, 0.2) is 54.1 Å². The van der Waals surface area contributed by atoms with Crippen LogP contribution in [0.5, 0.6) is 11.5 Å². The molecule has 0 spiro atoms. The Morgan fingerprint density at radius 1 is 1.17 bits per heavy atom. The van der Waals surface area contributed by atoms with E-state index < -0.39 is 4.92 Å². The number of non-ortho nitro benzene ring substituents is 1. The minimum atomic E-state index is -0.455. The first-order valence-electron chi connectivity index (χ1n) is 10.1. The number of hydrogen-bond acceptors (Lipinski definition) is 5. The number of ether oxygens (including phenoxy) is 2. The van der Waals surface area contributed by atoms with Crippen LogP contribution < -0.4 is 14.8 Å². The van der Waals surface area contributed by atoms with E-state index in [4.69, 9.17) is 9.47 Å². The van der Waals surface area contributed by atoms with E-state index in [0.717, 1.165) is 24.8 Å². The second kappa shape index (κ2) is 10.4. The SMILES string of the molecule is COc1ccc(-c2cc([N+](=O)[O-])ccc2OCC(=O)NCCC2=CCCCC2)cc1. The standard InChI is InChI=1S/C23H26N2O5/c1-29-20-10-7-18(8-11-20)21-15-19(25(27)28)9-12-22(21)30-16-23(26)24-14-13-17-5-3-2-4-6-17/h5,7-12,15H,2-4,6,13-14,16H2,1H3,(H,24,26). The summed E-state index contributed by atoms with van der Waals surface area (Å²) in [5, 5.41) is 14.1. The molecule has 0 bridgehead atoms. The maximum Gasteiger partial charge on any atom is 0.270 e. The topological polar surface area (TPSA) is 90.7 Å².